The molecule has 2 amide bonds. The van der Waals surface area contributed by atoms with Gasteiger partial charge in [-0.1, -0.05) is 13.8 Å². The van der Waals surface area contributed by atoms with Crippen molar-refractivity contribution in [2.24, 2.45) is 5.92 Å². The van der Waals surface area contributed by atoms with Gasteiger partial charge in [-0.15, -0.1) is 0 Å². The van der Waals surface area contributed by atoms with E-state index in [2.05, 4.69) is 19.2 Å². The Balaban J connectivity index is 2.51. The number of hydrogen-bond donors (Lipinski definition) is 1. The largest absolute Gasteiger partial charge is 0.353 e. The third-order valence-electron chi connectivity index (χ3n) is 3.03. The molecule has 0 unspecified atom stereocenters. The summed E-state index contributed by atoms with van der Waals surface area (Å²) in [7, 11) is 3.68. The Morgan fingerprint density at radius 1 is 1.59 bits per heavy atom. The minimum Gasteiger partial charge on any atom is -0.353 e. The Morgan fingerprint density at radius 3 is 2.76 bits per heavy atom. The number of carbonyl (C=O) groups excluding carboxylic acids is 2. The molecule has 0 radical (unpaired) electrons. The Labute approximate surface area is 103 Å². The lowest BCUT2D eigenvalue weighted by Crippen LogP contribution is -2.55. The van der Waals surface area contributed by atoms with Gasteiger partial charge < -0.3 is 10.2 Å². The maximum absolute atomic E-state index is 12.0. The first-order chi connectivity index (χ1) is 7.91. The first-order valence-corrected chi connectivity index (χ1v) is 6.13. The maximum Gasteiger partial charge on any atom is 0.237 e. The van der Waals surface area contributed by atoms with Gasteiger partial charge in [0, 0.05) is 26.7 Å². The van der Waals surface area contributed by atoms with Crippen LogP contribution in [0.4, 0.5) is 0 Å². The van der Waals surface area contributed by atoms with Crippen molar-refractivity contribution in [1.82, 2.24) is 15.1 Å². The molecule has 5 heteroatoms. The number of nitrogens with zero attached hydrogens (tertiary/aromatic N) is 2. The van der Waals surface area contributed by atoms with Crippen molar-refractivity contribution in [3.63, 3.8) is 0 Å². The summed E-state index contributed by atoms with van der Waals surface area (Å²) in [5, 5.41) is 2.80. The molecule has 1 heterocycles. The molecule has 0 aromatic rings. The lowest BCUT2D eigenvalue weighted by Gasteiger charge is -2.32. The molecule has 0 aromatic heterocycles. The molecule has 0 saturated carbocycles. The van der Waals surface area contributed by atoms with E-state index >= 15 is 0 Å². The van der Waals surface area contributed by atoms with Crippen LogP contribution in [0.15, 0.2) is 0 Å². The number of likely N-dealkylation sites (N-methyl/N-ethyl adjacent to an activating group) is 1. The van der Waals surface area contributed by atoms with E-state index < -0.39 is 0 Å². The van der Waals surface area contributed by atoms with E-state index in [9.17, 15) is 9.59 Å². The minimum absolute atomic E-state index is 0.0348. The maximum atomic E-state index is 12.0. The monoisotopic (exact) mass is 241 g/mol. The molecule has 1 N–H and O–H groups in total. The second-order valence-electron chi connectivity index (χ2n) is 5.16. The predicted octanol–water partition coefficient (Wildman–Crippen LogP) is -0.0789. The summed E-state index contributed by atoms with van der Waals surface area (Å²) in [5.74, 6) is 0.444. The SMILES string of the molecule is CC(C)CN(C)C(=O)C[C@@H]1C(=O)NCCN1C. The van der Waals surface area contributed by atoms with Crippen LogP contribution in [0.5, 0.6) is 0 Å². The molecular weight excluding hydrogens is 218 g/mol. The van der Waals surface area contributed by atoms with E-state index in [1.165, 1.54) is 0 Å². The molecule has 1 fully saturated rings. The number of nitrogens with one attached hydrogen (secondary N) is 1. The predicted molar refractivity (Wildman–Crippen MR) is 66.5 cm³/mol. The summed E-state index contributed by atoms with van der Waals surface area (Å²) in [6.45, 7) is 6.35. The van der Waals surface area contributed by atoms with E-state index in [4.69, 9.17) is 0 Å². The third kappa shape index (κ3) is 4.00. The molecule has 1 aliphatic heterocycles. The first-order valence-electron chi connectivity index (χ1n) is 6.13. The van der Waals surface area contributed by atoms with Gasteiger partial charge in [0.25, 0.3) is 0 Å². The molecule has 0 aliphatic carbocycles. The van der Waals surface area contributed by atoms with E-state index in [1.54, 1.807) is 11.9 Å². The lowest BCUT2D eigenvalue weighted by atomic mass is 10.1. The molecule has 98 valence electrons. The van der Waals surface area contributed by atoms with Crippen molar-refractivity contribution >= 4 is 11.8 Å². The highest BCUT2D eigenvalue weighted by atomic mass is 16.2. The molecule has 5 nitrogen and oxygen atoms in total. The van der Waals surface area contributed by atoms with Crippen molar-refractivity contribution in [3.05, 3.63) is 0 Å². The van der Waals surface area contributed by atoms with Gasteiger partial charge in [-0.2, -0.15) is 0 Å². The van der Waals surface area contributed by atoms with E-state index in [1.807, 2.05) is 11.9 Å². The zero-order valence-corrected chi connectivity index (χ0v) is 11.2. The molecule has 1 rings (SSSR count). The van der Waals surface area contributed by atoms with E-state index in [0.717, 1.165) is 13.1 Å². The van der Waals surface area contributed by atoms with Gasteiger partial charge in [0.15, 0.2) is 0 Å². The van der Waals surface area contributed by atoms with Gasteiger partial charge in [-0.25, -0.2) is 0 Å². The van der Waals surface area contributed by atoms with Crippen molar-refractivity contribution in [1.29, 1.82) is 0 Å². The minimum atomic E-state index is -0.314. The van der Waals surface area contributed by atoms with Crippen LogP contribution in [0.25, 0.3) is 0 Å². The molecule has 1 saturated heterocycles. The molecule has 0 aromatic carbocycles. The topological polar surface area (TPSA) is 52.7 Å². The van der Waals surface area contributed by atoms with Gasteiger partial charge in [0.2, 0.25) is 11.8 Å². The number of amides is 2. The summed E-state index contributed by atoms with van der Waals surface area (Å²) in [4.78, 5) is 27.3. The standard InChI is InChI=1S/C12H23N3O2/c1-9(2)8-15(4)11(16)7-10-12(17)13-5-6-14(10)3/h9-10H,5-8H2,1-4H3,(H,13,17)/t10-/m1/s1. The first kappa shape index (κ1) is 14.0. The molecule has 1 atom stereocenters. The number of rotatable bonds is 4. The van der Waals surface area contributed by atoms with E-state index in [0.29, 0.717) is 12.5 Å². The summed E-state index contributed by atoms with van der Waals surface area (Å²) in [6, 6.07) is -0.314. The van der Waals surface area contributed by atoms with Crippen LogP contribution in [0, 0.1) is 5.92 Å². The van der Waals surface area contributed by atoms with Gasteiger partial charge in [-0.05, 0) is 13.0 Å². The third-order valence-corrected chi connectivity index (χ3v) is 3.03. The normalized spacial score (nSPS) is 21.5. The Bertz CT molecular complexity index is 291. The smallest absolute Gasteiger partial charge is 0.237 e. The fourth-order valence-electron chi connectivity index (χ4n) is 2.05. The molecule has 0 bridgehead atoms. The number of piperazine rings is 1. The Hall–Kier alpha value is -1.10. The van der Waals surface area contributed by atoms with Gasteiger partial charge >= 0.3 is 0 Å². The molecule has 17 heavy (non-hydrogen) atoms. The quantitative estimate of drug-likeness (QED) is 0.749. The summed E-state index contributed by atoms with van der Waals surface area (Å²) in [6.07, 6.45) is 0.269. The zero-order chi connectivity index (χ0) is 13.0. The highest BCUT2D eigenvalue weighted by molar-refractivity contribution is 5.88. The average molecular weight is 241 g/mol. The summed E-state index contributed by atoms with van der Waals surface area (Å²) >= 11 is 0. The van der Waals surface area contributed by atoms with E-state index in [-0.39, 0.29) is 24.3 Å². The van der Waals surface area contributed by atoms with Crippen LogP contribution >= 0.6 is 0 Å². The number of carbonyl (C=O) groups is 2. The van der Waals surface area contributed by atoms with Crippen LogP contribution < -0.4 is 5.32 Å². The molecule has 1 aliphatic rings. The number of hydrogen-bond acceptors (Lipinski definition) is 3. The molecular formula is C12H23N3O2. The fourth-order valence-corrected chi connectivity index (χ4v) is 2.05. The van der Waals surface area contributed by atoms with Crippen LogP contribution in [-0.4, -0.2) is 61.4 Å². The highest BCUT2D eigenvalue weighted by Gasteiger charge is 2.29. The Morgan fingerprint density at radius 2 is 2.24 bits per heavy atom. The van der Waals surface area contributed by atoms with Crippen LogP contribution in [-0.2, 0) is 9.59 Å². The second kappa shape index (κ2) is 6.00. The lowest BCUT2D eigenvalue weighted by molar-refractivity contribution is -0.137. The van der Waals surface area contributed by atoms with Crippen LogP contribution in [0.2, 0.25) is 0 Å². The van der Waals surface area contributed by atoms with Crippen molar-refractivity contribution in [2.75, 3.05) is 33.7 Å². The molecule has 0 spiro atoms. The van der Waals surface area contributed by atoms with Gasteiger partial charge in [-0.3, -0.25) is 14.5 Å². The van der Waals surface area contributed by atoms with Crippen molar-refractivity contribution in [2.45, 2.75) is 26.3 Å². The summed E-state index contributed by atoms with van der Waals surface area (Å²) < 4.78 is 0. The summed E-state index contributed by atoms with van der Waals surface area (Å²) in [5.41, 5.74) is 0. The highest BCUT2D eigenvalue weighted by Crippen LogP contribution is 2.08. The Kier molecular flexibility index (Phi) is 4.93. The van der Waals surface area contributed by atoms with Crippen LogP contribution in [0.1, 0.15) is 20.3 Å². The van der Waals surface area contributed by atoms with Crippen molar-refractivity contribution < 1.29 is 9.59 Å². The fraction of sp³-hybridized carbons (Fsp3) is 0.833. The van der Waals surface area contributed by atoms with Gasteiger partial charge in [0.1, 0.15) is 0 Å². The van der Waals surface area contributed by atoms with Crippen LogP contribution in [0.3, 0.4) is 0 Å². The van der Waals surface area contributed by atoms with Gasteiger partial charge in [0.05, 0.1) is 12.5 Å². The average Bonchev–Trinajstić information content (AvgIpc) is 2.22. The zero-order valence-electron chi connectivity index (χ0n) is 11.2. The van der Waals surface area contributed by atoms with Crippen molar-refractivity contribution in [3.8, 4) is 0 Å². The second-order valence-corrected chi connectivity index (χ2v) is 5.16.